The van der Waals surface area contributed by atoms with Gasteiger partial charge in [0.05, 0.1) is 18.8 Å². The first-order valence-electron chi connectivity index (χ1n) is 8.13. The second-order valence-electron chi connectivity index (χ2n) is 6.10. The molecule has 22 heavy (non-hydrogen) atoms. The highest BCUT2D eigenvalue weighted by Gasteiger charge is 2.24. The Kier molecular flexibility index (Phi) is 4.78. The second-order valence-corrected chi connectivity index (χ2v) is 6.10. The Morgan fingerprint density at radius 1 is 1.14 bits per heavy atom. The smallest absolute Gasteiger partial charge is 0.118 e. The van der Waals surface area contributed by atoms with Gasteiger partial charge in [-0.2, -0.15) is 5.10 Å². The molecule has 0 aliphatic carbocycles. The zero-order valence-electron chi connectivity index (χ0n) is 13.5. The van der Waals surface area contributed by atoms with E-state index < -0.39 is 0 Å². The maximum atomic E-state index is 5.25. The summed E-state index contributed by atoms with van der Waals surface area (Å²) < 4.78 is 7.15. The molecular formula is C18H25N3O. The highest BCUT2D eigenvalue weighted by molar-refractivity contribution is 5.27. The van der Waals surface area contributed by atoms with Crippen molar-refractivity contribution >= 4 is 0 Å². The van der Waals surface area contributed by atoms with E-state index in [9.17, 15) is 0 Å². The van der Waals surface area contributed by atoms with Gasteiger partial charge in [0.1, 0.15) is 5.75 Å². The minimum atomic E-state index is 0.436. The topological polar surface area (TPSA) is 30.3 Å². The maximum absolute atomic E-state index is 5.25. The quantitative estimate of drug-likeness (QED) is 0.865. The van der Waals surface area contributed by atoms with Crippen LogP contribution in [0, 0.1) is 0 Å². The lowest BCUT2D eigenvalue weighted by Gasteiger charge is -2.28. The summed E-state index contributed by atoms with van der Waals surface area (Å²) >= 11 is 0. The summed E-state index contributed by atoms with van der Waals surface area (Å²) in [7, 11) is 3.70. The first-order chi connectivity index (χ1) is 10.8. The Labute approximate surface area is 132 Å². The largest absolute Gasteiger partial charge is 0.497 e. The minimum absolute atomic E-state index is 0.436. The zero-order valence-corrected chi connectivity index (χ0v) is 13.5. The molecule has 1 aromatic carbocycles. The summed E-state index contributed by atoms with van der Waals surface area (Å²) in [5.74, 6) is 0.917. The maximum Gasteiger partial charge on any atom is 0.118 e. The lowest BCUT2D eigenvalue weighted by atomic mass is 10.1. The van der Waals surface area contributed by atoms with Crippen LogP contribution in [-0.4, -0.2) is 28.3 Å². The van der Waals surface area contributed by atoms with Gasteiger partial charge >= 0.3 is 0 Å². The fraction of sp³-hybridized carbons (Fsp3) is 0.500. The van der Waals surface area contributed by atoms with Crippen LogP contribution in [0.1, 0.15) is 43.0 Å². The third kappa shape index (κ3) is 3.50. The molecule has 1 saturated heterocycles. The van der Waals surface area contributed by atoms with E-state index in [1.165, 1.54) is 36.9 Å². The standard InChI is InChI=1S/C18H25N3O/c1-20-13-11-17(19-20)18-6-4-3-5-12-21(18)14-15-7-9-16(22-2)10-8-15/h7-11,13,18H,3-6,12,14H2,1-2H3/t18-/m1/s1. The van der Waals surface area contributed by atoms with E-state index in [1.54, 1.807) is 7.11 Å². The number of aryl methyl sites for hydroxylation is 1. The molecule has 0 bridgehead atoms. The number of methoxy groups -OCH3 is 1. The van der Waals surface area contributed by atoms with Crippen LogP contribution < -0.4 is 4.74 Å². The second kappa shape index (κ2) is 6.97. The highest BCUT2D eigenvalue weighted by Crippen LogP contribution is 2.30. The van der Waals surface area contributed by atoms with Gasteiger partial charge in [-0.3, -0.25) is 9.58 Å². The van der Waals surface area contributed by atoms with Crippen LogP contribution in [0.2, 0.25) is 0 Å². The molecule has 1 aliphatic heterocycles. The number of likely N-dealkylation sites (tertiary alicyclic amines) is 1. The summed E-state index contributed by atoms with van der Waals surface area (Å²) in [6.45, 7) is 2.12. The number of aromatic nitrogens is 2. The van der Waals surface area contributed by atoms with E-state index >= 15 is 0 Å². The molecule has 3 rings (SSSR count). The molecule has 1 aliphatic rings. The van der Waals surface area contributed by atoms with E-state index in [4.69, 9.17) is 4.74 Å². The molecule has 0 N–H and O–H groups in total. The normalized spacial score (nSPS) is 19.8. The lowest BCUT2D eigenvalue weighted by molar-refractivity contribution is 0.188. The van der Waals surface area contributed by atoms with Crippen molar-refractivity contribution < 1.29 is 4.74 Å². The van der Waals surface area contributed by atoms with Crippen molar-refractivity contribution in [1.82, 2.24) is 14.7 Å². The van der Waals surface area contributed by atoms with Gasteiger partial charge in [-0.1, -0.05) is 25.0 Å². The third-order valence-corrected chi connectivity index (χ3v) is 4.48. The van der Waals surface area contributed by atoms with Crippen molar-refractivity contribution in [2.24, 2.45) is 7.05 Å². The highest BCUT2D eigenvalue weighted by atomic mass is 16.5. The van der Waals surface area contributed by atoms with Gasteiger partial charge in [-0.05, 0) is 43.1 Å². The Morgan fingerprint density at radius 3 is 2.64 bits per heavy atom. The van der Waals surface area contributed by atoms with Crippen molar-refractivity contribution in [2.75, 3.05) is 13.7 Å². The molecule has 0 unspecified atom stereocenters. The zero-order chi connectivity index (χ0) is 15.4. The molecule has 4 heteroatoms. The Hall–Kier alpha value is -1.81. The Bertz CT molecular complexity index is 591. The van der Waals surface area contributed by atoms with Crippen molar-refractivity contribution in [1.29, 1.82) is 0 Å². The monoisotopic (exact) mass is 299 g/mol. The molecule has 118 valence electrons. The van der Waals surface area contributed by atoms with E-state index in [2.05, 4.69) is 28.2 Å². The summed E-state index contributed by atoms with van der Waals surface area (Å²) in [5.41, 5.74) is 2.54. The Balaban J connectivity index is 1.77. The van der Waals surface area contributed by atoms with Crippen LogP contribution in [0.25, 0.3) is 0 Å². The van der Waals surface area contributed by atoms with Crippen molar-refractivity contribution in [3.05, 3.63) is 47.8 Å². The van der Waals surface area contributed by atoms with Crippen molar-refractivity contribution in [3.8, 4) is 5.75 Å². The first-order valence-corrected chi connectivity index (χ1v) is 8.13. The molecule has 0 amide bonds. The van der Waals surface area contributed by atoms with Gasteiger partial charge in [-0.15, -0.1) is 0 Å². The van der Waals surface area contributed by atoms with Crippen LogP contribution in [0.5, 0.6) is 5.75 Å². The molecule has 4 nitrogen and oxygen atoms in total. The average molecular weight is 299 g/mol. The van der Waals surface area contributed by atoms with Crippen LogP contribution >= 0.6 is 0 Å². The number of hydrogen-bond donors (Lipinski definition) is 0. The molecule has 2 aromatic rings. The van der Waals surface area contributed by atoms with Crippen LogP contribution in [0.15, 0.2) is 36.5 Å². The van der Waals surface area contributed by atoms with Crippen molar-refractivity contribution in [3.63, 3.8) is 0 Å². The minimum Gasteiger partial charge on any atom is -0.497 e. The number of nitrogens with zero attached hydrogens (tertiary/aromatic N) is 3. The lowest BCUT2D eigenvalue weighted by Crippen LogP contribution is -2.28. The molecular weight excluding hydrogens is 274 g/mol. The van der Waals surface area contributed by atoms with Crippen molar-refractivity contribution in [2.45, 2.75) is 38.3 Å². The molecule has 1 aromatic heterocycles. The van der Waals surface area contributed by atoms with Gasteiger partial charge in [-0.25, -0.2) is 0 Å². The van der Waals surface area contributed by atoms with Crippen LogP contribution in [0.4, 0.5) is 0 Å². The van der Waals surface area contributed by atoms with Gasteiger partial charge in [0, 0.05) is 19.8 Å². The third-order valence-electron chi connectivity index (χ3n) is 4.48. The number of rotatable bonds is 4. The predicted octanol–water partition coefficient (Wildman–Crippen LogP) is 3.55. The molecule has 1 fully saturated rings. The van der Waals surface area contributed by atoms with Crippen LogP contribution in [-0.2, 0) is 13.6 Å². The molecule has 0 radical (unpaired) electrons. The number of benzene rings is 1. The predicted molar refractivity (Wildman–Crippen MR) is 87.8 cm³/mol. The summed E-state index contributed by atoms with van der Waals surface area (Å²) in [5, 5.41) is 4.65. The SMILES string of the molecule is COc1ccc(CN2CCCCC[C@@H]2c2ccn(C)n2)cc1. The number of hydrogen-bond acceptors (Lipinski definition) is 3. The average Bonchev–Trinajstić information content (AvgIpc) is 2.83. The van der Waals surface area contributed by atoms with E-state index in [0.29, 0.717) is 6.04 Å². The van der Waals surface area contributed by atoms with E-state index in [-0.39, 0.29) is 0 Å². The summed E-state index contributed by atoms with van der Waals surface area (Å²) in [6.07, 6.45) is 7.14. The summed E-state index contributed by atoms with van der Waals surface area (Å²) in [6, 6.07) is 11.0. The molecule has 0 saturated carbocycles. The van der Waals surface area contributed by atoms with Gasteiger partial charge < -0.3 is 4.74 Å². The van der Waals surface area contributed by atoms with E-state index in [0.717, 1.165) is 18.8 Å². The van der Waals surface area contributed by atoms with Crippen LogP contribution in [0.3, 0.4) is 0 Å². The molecule has 1 atom stereocenters. The fourth-order valence-corrected chi connectivity index (χ4v) is 3.27. The molecule has 0 spiro atoms. The van der Waals surface area contributed by atoms with Gasteiger partial charge in [0.2, 0.25) is 0 Å². The summed E-state index contributed by atoms with van der Waals surface area (Å²) in [4.78, 5) is 2.58. The molecule has 2 heterocycles. The number of ether oxygens (including phenoxy) is 1. The van der Waals surface area contributed by atoms with Gasteiger partial charge in [0.25, 0.3) is 0 Å². The van der Waals surface area contributed by atoms with Gasteiger partial charge in [0.15, 0.2) is 0 Å². The first kappa shape index (κ1) is 15.1. The van der Waals surface area contributed by atoms with E-state index in [1.807, 2.05) is 30.1 Å². The Morgan fingerprint density at radius 2 is 1.95 bits per heavy atom. The fourth-order valence-electron chi connectivity index (χ4n) is 3.27.